The van der Waals surface area contributed by atoms with Gasteiger partial charge in [0.05, 0.1) is 11.9 Å². The first-order valence-corrected chi connectivity index (χ1v) is 4.01. The highest BCUT2D eigenvalue weighted by atomic mass is 16.4. The van der Waals surface area contributed by atoms with Crippen molar-refractivity contribution in [1.29, 1.82) is 0 Å². The second-order valence-corrected chi connectivity index (χ2v) is 2.76. The zero-order valence-electron chi connectivity index (χ0n) is 7.60. The van der Waals surface area contributed by atoms with Crippen molar-refractivity contribution in [2.24, 2.45) is 0 Å². The smallest absolute Gasteiger partial charge is 0.0733 e. The molecule has 78 valence electrons. The molecule has 0 saturated heterocycles. The molecule has 15 heavy (non-hydrogen) atoms. The molecule has 0 atom stereocenters. The highest BCUT2D eigenvalue weighted by Gasteiger charge is 2.01. The standard InChI is InChI=1S/C10H9NO4/c11-8-4-2-1-3-6(8)5-7(9(12)13)10(14)15/h1-5H,11H2,(H,12,13)(H,14,15)/p-2. The minimum absolute atomic E-state index is 0.275. The first kappa shape index (κ1) is 10.8. The lowest BCUT2D eigenvalue weighted by molar-refractivity contribution is -0.311. The van der Waals surface area contributed by atoms with E-state index in [-0.39, 0.29) is 5.69 Å². The summed E-state index contributed by atoms with van der Waals surface area (Å²) in [6.07, 6.45) is 0.903. The van der Waals surface area contributed by atoms with Crippen LogP contribution in [0.25, 0.3) is 6.08 Å². The van der Waals surface area contributed by atoms with Gasteiger partial charge >= 0.3 is 0 Å². The van der Waals surface area contributed by atoms with E-state index >= 15 is 0 Å². The Labute approximate surface area is 85.5 Å². The number of carbonyl (C=O) groups is 2. The molecular weight excluding hydrogens is 198 g/mol. The molecule has 0 bridgehead atoms. The van der Waals surface area contributed by atoms with E-state index in [1.165, 1.54) is 12.1 Å². The maximum absolute atomic E-state index is 10.4. The fourth-order valence-corrected chi connectivity index (χ4v) is 0.999. The molecule has 5 heteroatoms. The molecule has 0 amide bonds. The van der Waals surface area contributed by atoms with Gasteiger partial charge in [0.2, 0.25) is 0 Å². The molecule has 1 aromatic carbocycles. The van der Waals surface area contributed by atoms with Gasteiger partial charge in [-0.25, -0.2) is 0 Å². The Morgan fingerprint density at radius 1 is 1.13 bits per heavy atom. The molecule has 0 radical (unpaired) electrons. The third kappa shape index (κ3) is 2.57. The monoisotopic (exact) mass is 205 g/mol. The van der Waals surface area contributed by atoms with Crippen molar-refractivity contribution in [2.75, 3.05) is 5.73 Å². The van der Waals surface area contributed by atoms with Gasteiger partial charge in [0.15, 0.2) is 0 Å². The Hall–Kier alpha value is -2.30. The van der Waals surface area contributed by atoms with Crippen molar-refractivity contribution in [1.82, 2.24) is 0 Å². The number of rotatable bonds is 3. The van der Waals surface area contributed by atoms with Crippen LogP contribution in [0.5, 0.6) is 0 Å². The van der Waals surface area contributed by atoms with Crippen molar-refractivity contribution in [3.8, 4) is 0 Å². The largest absolute Gasteiger partial charge is 0.545 e. The van der Waals surface area contributed by atoms with E-state index in [2.05, 4.69) is 0 Å². The van der Waals surface area contributed by atoms with Crippen molar-refractivity contribution >= 4 is 23.7 Å². The van der Waals surface area contributed by atoms with E-state index in [0.717, 1.165) is 6.08 Å². The van der Waals surface area contributed by atoms with Crippen molar-refractivity contribution < 1.29 is 19.8 Å². The minimum Gasteiger partial charge on any atom is -0.545 e. The number of hydrogen-bond donors (Lipinski definition) is 1. The van der Waals surface area contributed by atoms with Crippen LogP contribution in [0.4, 0.5) is 5.69 Å². The number of nitrogen functional groups attached to an aromatic ring is 1. The summed E-state index contributed by atoms with van der Waals surface area (Å²) in [6, 6.07) is 6.25. The molecule has 0 aliphatic rings. The highest BCUT2D eigenvalue weighted by molar-refractivity contribution is 6.14. The van der Waals surface area contributed by atoms with Crippen LogP contribution < -0.4 is 15.9 Å². The Bertz CT molecular complexity index is 421. The first-order valence-electron chi connectivity index (χ1n) is 4.01. The number of carboxylic acids is 2. The summed E-state index contributed by atoms with van der Waals surface area (Å²) in [5.74, 6) is -3.61. The van der Waals surface area contributed by atoms with Crippen LogP contribution in [-0.2, 0) is 9.59 Å². The number of benzene rings is 1. The van der Waals surface area contributed by atoms with Gasteiger partial charge in [-0.05, 0) is 17.7 Å². The second-order valence-electron chi connectivity index (χ2n) is 2.76. The molecule has 0 spiro atoms. The van der Waals surface area contributed by atoms with Crippen LogP contribution in [0.1, 0.15) is 5.56 Å². The average Bonchev–Trinajstić information content (AvgIpc) is 2.15. The fourth-order valence-electron chi connectivity index (χ4n) is 0.999. The van der Waals surface area contributed by atoms with Gasteiger partial charge in [-0.2, -0.15) is 0 Å². The number of carboxylic acid groups (broad SMARTS) is 2. The molecule has 1 aromatic rings. The Morgan fingerprint density at radius 3 is 2.13 bits per heavy atom. The Kier molecular flexibility index (Phi) is 3.07. The highest BCUT2D eigenvalue weighted by Crippen LogP contribution is 2.14. The van der Waals surface area contributed by atoms with Crippen LogP contribution in [0.2, 0.25) is 0 Å². The van der Waals surface area contributed by atoms with Crippen LogP contribution in [-0.4, -0.2) is 11.9 Å². The SMILES string of the molecule is Nc1ccccc1C=C(C(=O)[O-])C(=O)[O-]. The van der Waals surface area contributed by atoms with Crippen LogP contribution in [0.15, 0.2) is 29.8 Å². The molecule has 2 N–H and O–H groups in total. The summed E-state index contributed by atoms with van der Waals surface area (Å²) in [5.41, 5.74) is 5.13. The topological polar surface area (TPSA) is 106 Å². The third-order valence-electron chi connectivity index (χ3n) is 1.74. The van der Waals surface area contributed by atoms with Crippen molar-refractivity contribution in [2.45, 2.75) is 0 Å². The summed E-state index contributed by atoms with van der Waals surface area (Å²) in [4.78, 5) is 20.8. The Balaban J connectivity index is 3.19. The lowest BCUT2D eigenvalue weighted by Crippen LogP contribution is -2.36. The van der Waals surface area contributed by atoms with Gasteiger partial charge in [-0.3, -0.25) is 0 Å². The van der Waals surface area contributed by atoms with Crippen molar-refractivity contribution in [3.05, 3.63) is 35.4 Å². The van der Waals surface area contributed by atoms with E-state index in [0.29, 0.717) is 5.56 Å². The van der Waals surface area contributed by atoms with Crippen LogP contribution in [0, 0.1) is 0 Å². The molecule has 0 heterocycles. The summed E-state index contributed by atoms with van der Waals surface area (Å²) >= 11 is 0. The summed E-state index contributed by atoms with van der Waals surface area (Å²) in [6.45, 7) is 0. The first-order chi connectivity index (χ1) is 7.02. The molecule has 1 rings (SSSR count). The quantitative estimate of drug-likeness (QED) is 0.270. The van der Waals surface area contributed by atoms with Crippen LogP contribution in [0.3, 0.4) is 0 Å². The number of para-hydroxylation sites is 1. The van der Waals surface area contributed by atoms with E-state index in [1.54, 1.807) is 12.1 Å². The normalized spacial score (nSPS) is 9.33. The third-order valence-corrected chi connectivity index (χ3v) is 1.74. The Morgan fingerprint density at radius 2 is 1.67 bits per heavy atom. The fraction of sp³-hybridized carbons (Fsp3) is 0. The second kappa shape index (κ2) is 4.28. The summed E-state index contributed by atoms with van der Waals surface area (Å²) in [5, 5.41) is 20.8. The molecule has 0 fully saturated rings. The number of nitrogens with two attached hydrogens (primary N) is 1. The zero-order chi connectivity index (χ0) is 11.4. The lowest BCUT2D eigenvalue weighted by Gasteiger charge is -2.09. The predicted octanol–water partition coefficient (Wildman–Crippen LogP) is -1.85. The van der Waals surface area contributed by atoms with E-state index in [1.807, 2.05) is 0 Å². The number of aliphatic carboxylic acids is 2. The lowest BCUT2D eigenvalue weighted by atomic mass is 10.1. The molecule has 5 nitrogen and oxygen atoms in total. The van der Waals surface area contributed by atoms with E-state index in [4.69, 9.17) is 5.73 Å². The zero-order valence-corrected chi connectivity index (χ0v) is 7.60. The van der Waals surface area contributed by atoms with Gasteiger partial charge in [-0.15, -0.1) is 0 Å². The van der Waals surface area contributed by atoms with E-state index in [9.17, 15) is 19.8 Å². The van der Waals surface area contributed by atoms with Gasteiger partial charge in [-0.1, -0.05) is 18.2 Å². The minimum atomic E-state index is -1.81. The number of anilines is 1. The molecule has 0 unspecified atom stereocenters. The number of hydrogen-bond acceptors (Lipinski definition) is 5. The molecule has 0 aliphatic heterocycles. The van der Waals surface area contributed by atoms with Gasteiger partial charge in [0, 0.05) is 11.3 Å². The predicted molar refractivity (Wildman–Crippen MR) is 48.8 cm³/mol. The maximum Gasteiger partial charge on any atom is 0.0733 e. The molecular formula is C10H7NO4-2. The van der Waals surface area contributed by atoms with Crippen molar-refractivity contribution in [3.63, 3.8) is 0 Å². The van der Waals surface area contributed by atoms with Gasteiger partial charge in [0.25, 0.3) is 0 Å². The summed E-state index contributed by atoms with van der Waals surface area (Å²) in [7, 11) is 0. The maximum atomic E-state index is 10.4. The van der Waals surface area contributed by atoms with Gasteiger partial charge in [0.1, 0.15) is 0 Å². The molecule has 0 saturated carbocycles. The van der Waals surface area contributed by atoms with Gasteiger partial charge < -0.3 is 25.5 Å². The van der Waals surface area contributed by atoms with Crippen LogP contribution >= 0.6 is 0 Å². The summed E-state index contributed by atoms with van der Waals surface area (Å²) < 4.78 is 0. The molecule has 0 aliphatic carbocycles. The van der Waals surface area contributed by atoms with E-state index < -0.39 is 17.5 Å². The average molecular weight is 205 g/mol. The molecule has 0 aromatic heterocycles. The number of carbonyl (C=O) groups excluding carboxylic acids is 2.